The zero-order valence-corrected chi connectivity index (χ0v) is 13.1. The minimum atomic E-state index is -3.69. The number of rotatable bonds is 6. The number of methoxy groups -OCH3 is 1. The maximum absolute atomic E-state index is 13.5. The lowest BCUT2D eigenvalue weighted by Crippen LogP contribution is -2.30. The molecular weight excluding hydrogens is 283 g/mol. The highest BCUT2D eigenvalue weighted by molar-refractivity contribution is 7.89. The van der Waals surface area contributed by atoms with Crippen molar-refractivity contribution in [1.29, 1.82) is 0 Å². The zero-order valence-electron chi connectivity index (χ0n) is 12.2. The van der Waals surface area contributed by atoms with Crippen molar-refractivity contribution < 1.29 is 17.5 Å². The first kappa shape index (κ1) is 16.9. The molecule has 2 N–H and O–H groups in total. The molecule has 1 aromatic rings. The van der Waals surface area contributed by atoms with Crippen LogP contribution < -0.4 is 5.73 Å². The Morgan fingerprint density at radius 3 is 2.55 bits per heavy atom. The van der Waals surface area contributed by atoms with Crippen molar-refractivity contribution in [1.82, 2.24) is 4.31 Å². The molecule has 0 aliphatic heterocycles. The molecule has 0 aliphatic carbocycles. The molecule has 1 rings (SSSR count). The Morgan fingerprint density at radius 1 is 1.40 bits per heavy atom. The van der Waals surface area contributed by atoms with Crippen molar-refractivity contribution in [2.75, 3.05) is 33.0 Å². The average molecular weight is 304 g/mol. The van der Waals surface area contributed by atoms with Gasteiger partial charge in [0.15, 0.2) is 0 Å². The van der Waals surface area contributed by atoms with Crippen molar-refractivity contribution in [3.63, 3.8) is 0 Å². The summed E-state index contributed by atoms with van der Waals surface area (Å²) >= 11 is 0. The van der Waals surface area contributed by atoms with E-state index in [-0.39, 0.29) is 16.1 Å². The second kappa shape index (κ2) is 6.51. The summed E-state index contributed by atoms with van der Waals surface area (Å²) in [6.45, 7) is 3.88. The van der Waals surface area contributed by atoms with Crippen LogP contribution in [-0.2, 0) is 14.8 Å². The maximum atomic E-state index is 13.5. The summed E-state index contributed by atoms with van der Waals surface area (Å²) in [6.07, 6.45) is 0.584. The molecule has 0 radical (unpaired) electrons. The number of ether oxygens (including phenoxy) is 1. The van der Waals surface area contributed by atoms with Crippen LogP contribution in [0.3, 0.4) is 0 Å². The summed E-state index contributed by atoms with van der Waals surface area (Å²) in [5.74, 6) is -0.596. The minimum Gasteiger partial charge on any atom is -0.396 e. The highest BCUT2D eigenvalue weighted by atomic mass is 32.2. The number of nitrogens with zero attached hydrogens (tertiary/aromatic N) is 1. The standard InChI is InChI=1S/C13H21FN2O3S/c1-9-8-11(14)12(15)10(2)13(9)20(17,18)16(3)6-5-7-19-4/h8H,5-7,15H2,1-4H3. The molecule has 0 atom stereocenters. The molecule has 0 fully saturated rings. The average Bonchev–Trinajstić information content (AvgIpc) is 2.35. The Labute approximate surface area is 119 Å². The highest BCUT2D eigenvalue weighted by Gasteiger charge is 2.26. The van der Waals surface area contributed by atoms with Gasteiger partial charge < -0.3 is 10.5 Å². The summed E-state index contributed by atoms with van der Waals surface area (Å²) in [7, 11) is -0.640. The third-order valence-electron chi connectivity index (χ3n) is 3.19. The molecule has 0 bridgehead atoms. The van der Waals surface area contributed by atoms with E-state index >= 15 is 0 Å². The van der Waals surface area contributed by atoms with E-state index in [2.05, 4.69) is 0 Å². The van der Waals surface area contributed by atoms with Crippen LogP contribution in [0.5, 0.6) is 0 Å². The van der Waals surface area contributed by atoms with E-state index in [1.54, 1.807) is 14.0 Å². The van der Waals surface area contributed by atoms with Crippen molar-refractivity contribution in [2.45, 2.75) is 25.2 Å². The van der Waals surface area contributed by atoms with Crippen LogP contribution in [0.25, 0.3) is 0 Å². The largest absolute Gasteiger partial charge is 0.396 e. The van der Waals surface area contributed by atoms with Gasteiger partial charge in [-0.15, -0.1) is 0 Å². The molecule has 5 nitrogen and oxygen atoms in total. The van der Waals surface area contributed by atoms with E-state index in [1.165, 1.54) is 18.3 Å². The number of benzene rings is 1. The van der Waals surface area contributed by atoms with E-state index in [0.717, 1.165) is 6.07 Å². The van der Waals surface area contributed by atoms with Gasteiger partial charge in [0.25, 0.3) is 0 Å². The van der Waals surface area contributed by atoms with Gasteiger partial charge >= 0.3 is 0 Å². The summed E-state index contributed by atoms with van der Waals surface area (Å²) in [5.41, 5.74) is 6.07. The van der Waals surface area contributed by atoms with Crippen molar-refractivity contribution in [3.05, 3.63) is 23.0 Å². The molecule has 0 amide bonds. The number of nitrogens with two attached hydrogens (primary N) is 1. The van der Waals surface area contributed by atoms with E-state index in [1.807, 2.05) is 0 Å². The number of hydrogen-bond acceptors (Lipinski definition) is 4. The van der Waals surface area contributed by atoms with Gasteiger partial charge in [-0.05, 0) is 37.5 Å². The maximum Gasteiger partial charge on any atom is 0.243 e. The predicted octanol–water partition coefficient (Wildman–Crippen LogP) is 1.68. The molecule has 0 saturated heterocycles. The van der Waals surface area contributed by atoms with Crippen LogP contribution in [0.4, 0.5) is 10.1 Å². The highest BCUT2D eigenvalue weighted by Crippen LogP contribution is 2.29. The SMILES string of the molecule is COCCCN(C)S(=O)(=O)c1c(C)cc(F)c(N)c1C. The number of nitrogen functional groups attached to an aromatic ring is 1. The topological polar surface area (TPSA) is 72.6 Å². The molecule has 0 heterocycles. The molecule has 0 saturated carbocycles. The first-order valence-electron chi connectivity index (χ1n) is 6.24. The second-order valence-corrected chi connectivity index (χ2v) is 6.70. The van der Waals surface area contributed by atoms with Crippen molar-refractivity contribution >= 4 is 15.7 Å². The smallest absolute Gasteiger partial charge is 0.243 e. The fourth-order valence-corrected chi connectivity index (χ4v) is 3.68. The number of sulfonamides is 1. The van der Waals surface area contributed by atoms with Crippen molar-refractivity contribution in [3.8, 4) is 0 Å². The molecule has 0 spiro atoms. The summed E-state index contributed by atoms with van der Waals surface area (Å²) < 4.78 is 44.7. The zero-order chi connectivity index (χ0) is 15.5. The fraction of sp³-hybridized carbons (Fsp3) is 0.538. The monoisotopic (exact) mass is 304 g/mol. The van der Waals surface area contributed by atoms with Gasteiger partial charge in [0.1, 0.15) is 5.82 Å². The van der Waals surface area contributed by atoms with E-state index in [9.17, 15) is 12.8 Å². The Kier molecular flexibility index (Phi) is 5.50. The Morgan fingerprint density at radius 2 is 2.00 bits per heavy atom. The minimum absolute atomic E-state index is 0.0799. The van der Waals surface area contributed by atoms with Gasteiger partial charge in [0.05, 0.1) is 10.6 Å². The molecular formula is C13H21FN2O3S. The van der Waals surface area contributed by atoms with Crippen LogP contribution >= 0.6 is 0 Å². The summed E-state index contributed by atoms with van der Waals surface area (Å²) in [5, 5.41) is 0. The third-order valence-corrected chi connectivity index (χ3v) is 5.34. The van der Waals surface area contributed by atoms with Gasteiger partial charge in [0, 0.05) is 27.3 Å². The summed E-state index contributed by atoms with van der Waals surface area (Å²) in [6, 6.07) is 1.15. The van der Waals surface area contributed by atoms with Gasteiger partial charge in [-0.2, -0.15) is 0 Å². The quantitative estimate of drug-likeness (QED) is 0.641. The van der Waals surface area contributed by atoms with Gasteiger partial charge in [-0.3, -0.25) is 0 Å². The molecule has 114 valence electrons. The number of halogens is 1. The lowest BCUT2D eigenvalue weighted by Gasteiger charge is -2.21. The van der Waals surface area contributed by atoms with Crippen molar-refractivity contribution in [2.24, 2.45) is 0 Å². The molecule has 20 heavy (non-hydrogen) atoms. The van der Waals surface area contributed by atoms with Crippen LogP contribution in [0.1, 0.15) is 17.5 Å². The first-order chi connectivity index (χ1) is 9.23. The second-order valence-electron chi connectivity index (χ2n) is 4.72. The van der Waals surface area contributed by atoms with Crippen LogP contribution in [0.2, 0.25) is 0 Å². The molecule has 7 heteroatoms. The normalized spacial score (nSPS) is 12.1. The molecule has 0 aliphatic rings. The number of aryl methyl sites for hydroxylation is 1. The van der Waals surface area contributed by atoms with Crippen LogP contribution in [0.15, 0.2) is 11.0 Å². The Balaban J connectivity index is 3.19. The van der Waals surface area contributed by atoms with Gasteiger partial charge in [-0.25, -0.2) is 17.1 Å². The predicted molar refractivity (Wildman–Crippen MR) is 76.6 cm³/mol. The Bertz CT molecular complexity index is 588. The lowest BCUT2D eigenvalue weighted by molar-refractivity contribution is 0.189. The molecule has 1 aromatic carbocycles. The van der Waals surface area contributed by atoms with Gasteiger partial charge in [-0.1, -0.05) is 0 Å². The molecule has 0 aromatic heterocycles. The van der Waals surface area contributed by atoms with Gasteiger partial charge in [0.2, 0.25) is 10.0 Å². The Hall–Kier alpha value is -1.18. The van der Waals surface area contributed by atoms with Crippen LogP contribution in [-0.4, -0.2) is 40.0 Å². The fourth-order valence-electron chi connectivity index (χ4n) is 2.04. The van der Waals surface area contributed by atoms with E-state index in [0.29, 0.717) is 25.1 Å². The lowest BCUT2D eigenvalue weighted by atomic mass is 10.1. The molecule has 0 unspecified atom stereocenters. The van der Waals surface area contributed by atoms with E-state index in [4.69, 9.17) is 10.5 Å². The number of anilines is 1. The third kappa shape index (κ3) is 3.28. The first-order valence-corrected chi connectivity index (χ1v) is 7.68. The summed E-state index contributed by atoms with van der Waals surface area (Å²) in [4.78, 5) is 0.0799. The number of hydrogen-bond donors (Lipinski definition) is 1. The van der Waals surface area contributed by atoms with Crippen LogP contribution in [0, 0.1) is 19.7 Å². The van der Waals surface area contributed by atoms with E-state index < -0.39 is 15.8 Å².